The van der Waals surface area contributed by atoms with Crippen molar-refractivity contribution in [3.05, 3.63) is 83.9 Å². The lowest BCUT2D eigenvalue weighted by atomic mass is 10.1. The summed E-state index contributed by atoms with van der Waals surface area (Å²) in [6.45, 7) is 0.526. The van der Waals surface area contributed by atoms with Gasteiger partial charge in [0.2, 0.25) is 10.0 Å². The molecule has 0 amide bonds. The highest BCUT2D eigenvalue weighted by atomic mass is 32.2. The molecule has 0 saturated heterocycles. The lowest BCUT2D eigenvalue weighted by Crippen LogP contribution is -2.46. The Balaban J connectivity index is 1.89. The molecule has 0 fully saturated rings. The molecule has 2 aromatic carbocycles. The van der Waals surface area contributed by atoms with Gasteiger partial charge in [0, 0.05) is 18.4 Å². The van der Waals surface area contributed by atoms with E-state index < -0.39 is 22.0 Å². The summed E-state index contributed by atoms with van der Waals surface area (Å²) in [7, 11) is -2.46. The third-order valence-corrected chi connectivity index (χ3v) is 6.12. The van der Waals surface area contributed by atoms with E-state index >= 15 is 0 Å². The van der Waals surface area contributed by atoms with Gasteiger partial charge >= 0.3 is 5.97 Å². The van der Waals surface area contributed by atoms with E-state index in [1.165, 1.54) is 11.4 Å². The second-order valence-electron chi connectivity index (χ2n) is 7.12. The van der Waals surface area contributed by atoms with Crippen molar-refractivity contribution in [2.24, 2.45) is 0 Å². The SMILES string of the molecule is COC(=O)[C@H](Cc1ccccc1)N(Cc1ccccc1NCc1cnc[nH]1)S(C)(=O)=O. The van der Waals surface area contributed by atoms with Crippen molar-refractivity contribution in [1.29, 1.82) is 0 Å². The van der Waals surface area contributed by atoms with Gasteiger partial charge in [0.25, 0.3) is 0 Å². The number of rotatable bonds is 10. The van der Waals surface area contributed by atoms with Gasteiger partial charge in [0.05, 0.1) is 31.9 Å². The third kappa shape index (κ3) is 6.16. The Kier molecular flexibility index (Phi) is 7.43. The number of carbonyl (C=O) groups is 1. The highest BCUT2D eigenvalue weighted by Gasteiger charge is 2.34. The maximum atomic E-state index is 12.7. The van der Waals surface area contributed by atoms with Crippen LogP contribution in [0.2, 0.25) is 0 Å². The van der Waals surface area contributed by atoms with Crippen molar-refractivity contribution >= 4 is 21.7 Å². The standard InChI is InChI=1S/C22H26N4O4S/c1-30-22(27)21(12-17-8-4-3-5-9-17)26(31(2,28)29)15-18-10-6-7-11-20(18)24-14-19-13-23-16-25-19/h3-11,13,16,21,24H,12,14-15H2,1-2H3,(H,23,25)/t21-/m0/s1. The molecule has 0 aliphatic rings. The van der Waals surface area contributed by atoms with E-state index in [0.717, 1.165) is 28.8 Å². The van der Waals surface area contributed by atoms with Crippen LogP contribution in [-0.2, 0) is 39.1 Å². The van der Waals surface area contributed by atoms with Gasteiger partial charge in [-0.2, -0.15) is 4.31 Å². The van der Waals surface area contributed by atoms with Gasteiger partial charge in [0.15, 0.2) is 0 Å². The number of imidazole rings is 1. The van der Waals surface area contributed by atoms with E-state index in [1.54, 1.807) is 12.5 Å². The van der Waals surface area contributed by atoms with E-state index in [4.69, 9.17) is 4.74 Å². The predicted octanol–water partition coefficient (Wildman–Crippen LogP) is 2.57. The van der Waals surface area contributed by atoms with Crippen LogP contribution in [0.1, 0.15) is 16.8 Å². The van der Waals surface area contributed by atoms with Gasteiger partial charge in [0.1, 0.15) is 6.04 Å². The molecule has 3 rings (SSSR count). The fourth-order valence-corrected chi connectivity index (χ4v) is 4.30. The second-order valence-corrected chi connectivity index (χ2v) is 9.06. The topological polar surface area (TPSA) is 104 Å². The number of hydrogen-bond donors (Lipinski definition) is 2. The molecule has 9 heteroatoms. The summed E-state index contributed by atoms with van der Waals surface area (Å²) < 4.78 is 31.6. The van der Waals surface area contributed by atoms with Crippen LogP contribution in [0.15, 0.2) is 67.1 Å². The third-order valence-electron chi connectivity index (χ3n) is 4.89. The molecule has 0 saturated carbocycles. The van der Waals surface area contributed by atoms with Crippen LogP contribution in [0.4, 0.5) is 5.69 Å². The summed E-state index contributed by atoms with van der Waals surface area (Å²) in [5.41, 5.74) is 3.26. The highest BCUT2D eigenvalue weighted by molar-refractivity contribution is 7.88. The zero-order chi connectivity index (χ0) is 22.3. The number of nitrogens with zero attached hydrogens (tertiary/aromatic N) is 2. The van der Waals surface area contributed by atoms with Crippen LogP contribution in [-0.4, -0.2) is 48.1 Å². The summed E-state index contributed by atoms with van der Waals surface area (Å²) in [5, 5.41) is 3.30. The van der Waals surface area contributed by atoms with Gasteiger partial charge in [-0.3, -0.25) is 4.79 Å². The molecule has 0 aliphatic carbocycles. The minimum absolute atomic E-state index is 0.0254. The quantitative estimate of drug-likeness (QED) is 0.468. The van der Waals surface area contributed by atoms with Crippen molar-refractivity contribution in [1.82, 2.24) is 14.3 Å². The number of hydrogen-bond acceptors (Lipinski definition) is 6. The Morgan fingerprint density at radius 3 is 2.52 bits per heavy atom. The van der Waals surface area contributed by atoms with Gasteiger partial charge in [-0.25, -0.2) is 13.4 Å². The Morgan fingerprint density at radius 2 is 1.87 bits per heavy atom. The Hall–Kier alpha value is -3.17. The first kappa shape index (κ1) is 22.5. The molecule has 8 nitrogen and oxygen atoms in total. The predicted molar refractivity (Wildman–Crippen MR) is 119 cm³/mol. The second kappa shape index (κ2) is 10.2. The molecule has 0 spiro atoms. The van der Waals surface area contributed by atoms with Crippen LogP contribution < -0.4 is 5.32 Å². The number of carbonyl (C=O) groups excluding carboxylic acids is 1. The Morgan fingerprint density at radius 1 is 1.16 bits per heavy atom. The molecule has 2 N–H and O–H groups in total. The fraction of sp³-hybridized carbons (Fsp3) is 0.273. The van der Waals surface area contributed by atoms with Crippen LogP contribution in [0, 0.1) is 0 Å². The molecule has 1 atom stereocenters. The molecule has 0 aliphatic heterocycles. The van der Waals surface area contributed by atoms with Crippen LogP contribution >= 0.6 is 0 Å². The minimum Gasteiger partial charge on any atom is -0.468 e. The van der Waals surface area contributed by atoms with Gasteiger partial charge in [-0.05, 0) is 23.6 Å². The summed E-state index contributed by atoms with van der Waals surface area (Å²) in [6.07, 6.45) is 4.63. The number of methoxy groups -OCH3 is 1. The molecule has 164 valence electrons. The van der Waals surface area contributed by atoms with Crippen LogP contribution in [0.25, 0.3) is 0 Å². The maximum Gasteiger partial charge on any atom is 0.324 e. The average molecular weight is 443 g/mol. The number of anilines is 1. The van der Waals surface area contributed by atoms with Crippen molar-refractivity contribution < 1.29 is 17.9 Å². The lowest BCUT2D eigenvalue weighted by molar-refractivity contribution is -0.145. The molecular formula is C22H26N4O4S. The number of aromatic nitrogens is 2. The van der Waals surface area contributed by atoms with Crippen molar-refractivity contribution in [3.63, 3.8) is 0 Å². The molecule has 0 bridgehead atoms. The highest BCUT2D eigenvalue weighted by Crippen LogP contribution is 2.23. The molecule has 1 aromatic heterocycles. The number of ether oxygens (including phenoxy) is 1. The average Bonchev–Trinajstić information content (AvgIpc) is 3.28. The maximum absolute atomic E-state index is 12.7. The normalized spacial score (nSPS) is 12.5. The van der Waals surface area contributed by atoms with E-state index in [9.17, 15) is 13.2 Å². The molecule has 1 heterocycles. The van der Waals surface area contributed by atoms with Crippen molar-refractivity contribution in [3.8, 4) is 0 Å². The van der Waals surface area contributed by atoms with Crippen LogP contribution in [0.3, 0.4) is 0 Å². The van der Waals surface area contributed by atoms with Crippen LogP contribution in [0.5, 0.6) is 0 Å². The van der Waals surface area contributed by atoms with Gasteiger partial charge in [-0.1, -0.05) is 48.5 Å². The number of sulfonamides is 1. The van der Waals surface area contributed by atoms with Crippen molar-refractivity contribution in [2.45, 2.75) is 25.6 Å². The van der Waals surface area contributed by atoms with E-state index in [2.05, 4.69) is 15.3 Å². The zero-order valence-electron chi connectivity index (χ0n) is 17.5. The molecule has 3 aromatic rings. The van der Waals surface area contributed by atoms with Crippen molar-refractivity contribution in [2.75, 3.05) is 18.7 Å². The summed E-state index contributed by atoms with van der Waals surface area (Å²) in [6, 6.07) is 15.7. The first-order valence-electron chi connectivity index (χ1n) is 9.76. The number of para-hydroxylation sites is 1. The smallest absolute Gasteiger partial charge is 0.324 e. The first-order valence-corrected chi connectivity index (χ1v) is 11.6. The lowest BCUT2D eigenvalue weighted by Gasteiger charge is -2.28. The fourth-order valence-electron chi connectivity index (χ4n) is 3.31. The Bertz CT molecular complexity index is 1090. The van der Waals surface area contributed by atoms with E-state index in [-0.39, 0.29) is 13.0 Å². The zero-order valence-corrected chi connectivity index (χ0v) is 18.3. The summed E-state index contributed by atoms with van der Waals surface area (Å²) in [4.78, 5) is 19.6. The monoisotopic (exact) mass is 442 g/mol. The molecule has 0 radical (unpaired) electrons. The molecular weight excluding hydrogens is 416 g/mol. The number of esters is 1. The summed E-state index contributed by atoms with van der Waals surface area (Å²) in [5.74, 6) is -0.600. The number of nitrogens with one attached hydrogen (secondary N) is 2. The van der Waals surface area contributed by atoms with Gasteiger partial charge in [-0.15, -0.1) is 0 Å². The number of benzene rings is 2. The van der Waals surface area contributed by atoms with E-state index in [0.29, 0.717) is 6.54 Å². The minimum atomic E-state index is -3.72. The number of aromatic amines is 1. The molecule has 31 heavy (non-hydrogen) atoms. The van der Waals surface area contributed by atoms with Gasteiger partial charge < -0.3 is 15.0 Å². The first-order chi connectivity index (χ1) is 14.9. The van der Waals surface area contributed by atoms with E-state index in [1.807, 2.05) is 54.6 Å². The number of H-pyrrole nitrogens is 1. The molecule has 0 unspecified atom stereocenters. The Labute approximate surface area is 182 Å². The summed E-state index contributed by atoms with van der Waals surface area (Å²) >= 11 is 0. The largest absolute Gasteiger partial charge is 0.468 e.